The summed E-state index contributed by atoms with van der Waals surface area (Å²) in [7, 11) is 0. The average Bonchev–Trinajstić information content (AvgIpc) is 3.32. The van der Waals surface area contributed by atoms with E-state index >= 15 is 0 Å². The molecule has 170 valence electrons. The number of anilines is 2. The zero-order valence-corrected chi connectivity index (χ0v) is 18.8. The van der Waals surface area contributed by atoms with E-state index in [9.17, 15) is 0 Å². The molecule has 0 aliphatic carbocycles. The van der Waals surface area contributed by atoms with Crippen LogP contribution in [0.2, 0.25) is 0 Å². The number of benzene rings is 2. The van der Waals surface area contributed by atoms with E-state index in [2.05, 4.69) is 49.6 Å². The molecule has 4 N–H and O–H groups in total. The Morgan fingerprint density at radius 3 is 2.59 bits per heavy atom. The van der Waals surface area contributed by atoms with E-state index in [-0.39, 0.29) is 6.04 Å². The molecule has 0 spiro atoms. The smallest absolute Gasteiger partial charge is 0.225 e. The van der Waals surface area contributed by atoms with Crippen LogP contribution in [-0.4, -0.2) is 42.6 Å². The minimum Gasteiger partial charge on any atom is -0.353 e. The first-order valence-corrected chi connectivity index (χ1v) is 11.1. The first-order valence-electron chi connectivity index (χ1n) is 11.1. The van der Waals surface area contributed by atoms with E-state index in [0.717, 1.165) is 28.1 Å². The molecule has 34 heavy (non-hydrogen) atoms. The van der Waals surface area contributed by atoms with Gasteiger partial charge in [-0.2, -0.15) is 4.98 Å². The molecule has 3 heterocycles. The SMILES string of the molecule is C[C@H](Nc1nccc(-n2cnc3cc(-c4ccnc(NCCN)n4)ccc32)n1)c1ccccc1. The van der Waals surface area contributed by atoms with Crippen LogP contribution in [0.4, 0.5) is 11.9 Å². The zero-order chi connectivity index (χ0) is 23.3. The van der Waals surface area contributed by atoms with Crippen molar-refractivity contribution in [1.82, 2.24) is 29.5 Å². The van der Waals surface area contributed by atoms with Gasteiger partial charge in [0.05, 0.1) is 22.8 Å². The molecule has 0 unspecified atom stereocenters. The Labute approximate surface area is 197 Å². The summed E-state index contributed by atoms with van der Waals surface area (Å²) in [4.78, 5) is 22.5. The Hall–Kier alpha value is -4.37. The first kappa shape index (κ1) is 21.5. The van der Waals surface area contributed by atoms with Crippen molar-refractivity contribution >= 4 is 22.9 Å². The van der Waals surface area contributed by atoms with E-state index in [0.29, 0.717) is 25.0 Å². The van der Waals surface area contributed by atoms with Crippen LogP contribution in [0.5, 0.6) is 0 Å². The van der Waals surface area contributed by atoms with Crippen molar-refractivity contribution in [2.24, 2.45) is 5.73 Å². The van der Waals surface area contributed by atoms with Gasteiger partial charge in [-0.3, -0.25) is 4.57 Å². The number of nitrogens with two attached hydrogens (primary N) is 1. The maximum atomic E-state index is 5.56. The molecule has 0 amide bonds. The predicted molar refractivity (Wildman–Crippen MR) is 134 cm³/mol. The second kappa shape index (κ2) is 9.63. The van der Waals surface area contributed by atoms with E-state index < -0.39 is 0 Å². The molecule has 2 aromatic carbocycles. The van der Waals surface area contributed by atoms with Crippen LogP contribution in [0.3, 0.4) is 0 Å². The topological polar surface area (TPSA) is 119 Å². The minimum absolute atomic E-state index is 0.0793. The monoisotopic (exact) mass is 451 g/mol. The van der Waals surface area contributed by atoms with Crippen LogP contribution in [0.1, 0.15) is 18.5 Å². The van der Waals surface area contributed by atoms with E-state index in [1.54, 1.807) is 18.7 Å². The van der Waals surface area contributed by atoms with Gasteiger partial charge in [0, 0.05) is 31.0 Å². The number of hydrogen-bond acceptors (Lipinski definition) is 8. The third kappa shape index (κ3) is 4.55. The number of fused-ring (bicyclic) bond motifs is 1. The summed E-state index contributed by atoms with van der Waals surface area (Å²) in [5, 5.41) is 6.48. The lowest BCUT2D eigenvalue weighted by atomic mass is 10.1. The summed E-state index contributed by atoms with van der Waals surface area (Å²) in [5.41, 5.74) is 10.3. The van der Waals surface area contributed by atoms with Gasteiger partial charge in [-0.05, 0) is 36.8 Å². The van der Waals surface area contributed by atoms with Crippen molar-refractivity contribution in [3.05, 3.63) is 84.9 Å². The van der Waals surface area contributed by atoms with E-state index in [1.807, 2.05) is 53.1 Å². The highest BCUT2D eigenvalue weighted by Gasteiger charge is 2.11. The normalized spacial score (nSPS) is 11.9. The molecule has 0 fully saturated rings. The molecule has 3 aromatic heterocycles. The summed E-state index contributed by atoms with van der Waals surface area (Å²) in [6, 6.07) is 20.1. The van der Waals surface area contributed by atoms with Crippen molar-refractivity contribution in [3.8, 4) is 17.1 Å². The predicted octanol–water partition coefficient (Wildman–Crippen LogP) is 3.82. The Bertz CT molecular complexity index is 1400. The van der Waals surface area contributed by atoms with Crippen LogP contribution in [0.15, 0.2) is 79.4 Å². The molecule has 1 atom stereocenters. The highest BCUT2D eigenvalue weighted by molar-refractivity contribution is 5.82. The van der Waals surface area contributed by atoms with Crippen molar-refractivity contribution < 1.29 is 0 Å². The maximum Gasteiger partial charge on any atom is 0.225 e. The zero-order valence-electron chi connectivity index (χ0n) is 18.8. The summed E-state index contributed by atoms with van der Waals surface area (Å²) in [6.45, 7) is 3.22. The number of nitrogens with one attached hydrogen (secondary N) is 2. The summed E-state index contributed by atoms with van der Waals surface area (Å²) >= 11 is 0. The van der Waals surface area contributed by atoms with Crippen molar-refractivity contribution in [2.75, 3.05) is 23.7 Å². The first-order chi connectivity index (χ1) is 16.7. The molecule has 0 bridgehead atoms. The lowest BCUT2D eigenvalue weighted by Crippen LogP contribution is -2.14. The van der Waals surface area contributed by atoms with Gasteiger partial charge in [0.15, 0.2) is 0 Å². The van der Waals surface area contributed by atoms with Gasteiger partial charge >= 0.3 is 0 Å². The summed E-state index contributed by atoms with van der Waals surface area (Å²) in [5.74, 6) is 1.86. The number of aromatic nitrogens is 6. The quantitative estimate of drug-likeness (QED) is 0.326. The number of hydrogen-bond donors (Lipinski definition) is 3. The highest BCUT2D eigenvalue weighted by Crippen LogP contribution is 2.25. The fourth-order valence-corrected chi connectivity index (χ4v) is 3.71. The van der Waals surface area contributed by atoms with Crippen molar-refractivity contribution in [1.29, 1.82) is 0 Å². The van der Waals surface area contributed by atoms with Crippen LogP contribution in [0.25, 0.3) is 28.1 Å². The van der Waals surface area contributed by atoms with Gasteiger partial charge in [0.1, 0.15) is 12.1 Å². The fourth-order valence-electron chi connectivity index (χ4n) is 3.71. The molecule has 0 saturated heterocycles. The Morgan fingerprint density at radius 1 is 0.912 bits per heavy atom. The molecule has 0 radical (unpaired) electrons. The molecule has 0 aliphatic heterocycles. The lowest BCUT2D eigenvalue weighted by Gasteiger charge is -2.14. The second-order valence-electron chi connectivity index (χ2n) is 7.81. The van der Waals surface area contributed by atoms with Crippen molar-refractivity contribution in [2.45, 2.75) is 13.0 Å². The van der Waals surface area contributed by atoms with Gasteiger partial charge in [-0.15, -0.1) is 0 Å². The molecule has 5 aromatic rings. The standard InChI is InChI=1S/C25H25N9/c1-17(18-5-3-2-4-6-18)31-25-28-13-10-23(33-25)34-16-30-21-15-19(7-8-22(21)34)20-9-12-27-24(32-20)29-14-11-26/h2-10,12-13,15-17H,11,14,26H2,1H3,(H,27,29,32)(H,28,31,33)/t17-/m0/s1. The minimum atomic E-state index is 0.0793. The summed E-state index contributed by atoms with van der Waals surface area (Å²) < 4.78 is 1.95. The van der Waals surface area contributed by atoms with Gasteiger partial charge in [-0.1, -0.05) is 36.4 Å². The van der Waals surface area contributed by atoms with Crippen LogP contribution in [0, 0.1) is 0 Å². The third-order valence-electron chi connectivity index (χ3n) is 5.46. The van der Waals surface area contributed by atoms with Gasteiger partial charge in [0.2, 0.25) is 11.9 Å². The molecule has 9 nitrogen and oxygen atoms in total. The van der Waals surface area contributed by atoms with E-state index in [1.165, 1.54) is 5.56 Å². The lowest BCUT2D eigenvalue weighted by molar-refractivity contribution is 0.854. The fraction of sp³-hybridized carbons (Fsp3) is 0.160. The number of nitrogens with zero attached hydrogens (tertiary/aromatic N) is 6. The Morgan fingerprint density at radius 2 is 1.74 bits per heavy atom. The summed E-state index contributed by atoms with van der Waals surface area (Å²) in [6.07, 6.45) is 5.25. The van der Waals surface area contributed by atoms with Gasteiger partial charge in [0.25, 0.3) is 0 Å². The Balaban J connectivity index is 1.41. The largest absolute Gasteiger partial charge is 0.353 e. The molecular formula is C25H25N9. The second-order valence-corrected chi connectivity index (χ2v) is 7.81. The van der Waals surface area contributed by atoms with Gasteiger partial charge < -0.3 is 16.4 Å². The van der Waals surface area contributed by atoms with E-state index in [4.69, 9.17) is 10.7 Å². The van der Waals surface area contributed by atoms with Crippen LogP contribution < -0.4 is 16.4 Å². The van der Waals surface area contributed by atoms with Crippen molar-refractivity contribution in [3.63, 3.8) is 0 Å². The van der Waals surface area contributed by atoms with Crippen LogP contribution in [-0.2, 0) is 0 Å². The highest BCUT2D eigenvalue weighted by atomic mass is 15.2. The molecule has 5 rings (SSSR count). The number of rotatable bonds is 8. The van der Waals surface area contributed by atoms with Crippen LogP contribution >= 0.6 is 0 Å². The molecule has 9 heteroatoms. The average molecular weight is 452 g/mol. The molecule has 0 aliphatic rings. The van der Waals surface area contributed by atoms with Gasteiger partial charge in [-0.25, -0.2) is 19.9 Å². The molecule has 0 saturated carbocycles. The number of imidazole rings is 1. The third-order valence-corrected chi connectivity index (χ3v) is 5.46. The Kier molecular flexibility index (Phi) is 6.09. The molecular weight excluding hydrogens is 426 g/mol. The maximum absolute atomic E-state index is 5.56.